The number of carbonyl (C=O) groups excluding carboxylic acids is 7. The minimum atomic E-state index is -1.13. The summed E-state index contributed by atoms with van der Waals surface area (Å²) in [5.74, 6) is -3.36. The van der Waals surface area contributed by atoms with Gasteiger partial charge in [-0.2, -0.15) is 0 Å². The predicted octanol–water partition coefficient (Wildman–Crippen LogP) is 4.15. The number of pyridine rings is 1. The Kier molecular flexibility index (Phi) is 17.1. The number of carbonyl (C=O) groups is 7. The molecule has 6 atom stereocenters. The van der Waals surface area contributed by atoms with Gasteiger partial charge in [-0.3, -0.25) is 38.5 Å². The first kappa shape index (κ1) is 48.4. The van der Waals surface area contributed by atoms with Gasteiger partial charge in [0.15, 0.2) is 0 Å². The van der Waals surface area contributed by atoms with Crippen LogP contribution in [0.3, 0.4) is 0 Å². The summed E-state index contributed by atoms with van der Waals surface area (Å²) in [6, 6.07) is 14.0. The van der Waals surface area contributed by atoms with Gasteiger partial charge >= 0.3 is 0 Å². The number of nitrogens with one attached hydrogen (secondary N) is 7. The van der Waals surface area contributed by atoms with E-state index in [2.05, 4.69) is 41.9 Å². The van der Waals surface area contributed by atoms with Crippen molar-refractivity contribution in [3.05, 3.63) is 102 Å². The van der Waals surface area contributed by atoms with Crippen LogP contribution < -0.4 is 31.9 Å². The van der Waals surface area contributed by atoms with Crippen molar-refractivity contribution in [2.75, 3.05) is 13.1 Å². The third-order valence-electron chi connectivity index (χ3n) is 13.4. The molecule has 67 heavy (non-hydrogen) atoms. The maximum absolute atomic E-state index is 14.8. The summed E-state index contributed by atoms with van der Waals surface area (Å²) in [7, 11) is 0. The molecule has 4 aromatic rings. The van der Waals surface area contributed by atoms with E-state index in [1.54, 1.807) is 18.3 Å². The van der Waals surface area contributed by atoms with E-state index in [1.807, 2.05) is 67.7 Å². The highest BCUT2D eigenvalue weighted by Gasteiger charge is 2.41. The zero-order valence-electron chi connectivity index (χ0n) is 38.4. The molecule has 0 unspecified atom stereocenters. The summed E-state index contributed by atoms with van der Waals surface area (Å²) in [5.41, 5.74) is 2.73. The number of hydrogen-bond donors (Lipinski definition) is 7. The summed E-state index contributed by atoms with van der Waals surface area (Å²) in [5, 5.41) is 18.6. The van der Waals surface area contributed by atoms with Crippen LogP contribution in [0.15, 0.2) is 85.3 Å². The first-order valence-corrected chi connectivity index (χ1v) is 24.2. The molecule has 4 heterocycles. The highest BCUT2D eigenvalue weighted by molar-refractivity contribution is 5.99. The second-order valence-corrected chi connectivity index (χ2v) is 18.3. The van der Waals surface area contributed by atoms with Crippen LogP contribution in [0, 0.1) is 5.92 Å². The van der Waals surface area contributed by atoms with Gasteiger partial charge in [0, 0.05) is 55.4 Å². The van der Waals surface area contributed by atoms with Gasteiger partial charge in [-0.15, -0.1) is 0 Å². The fourth-order valence-corrected chi connectivity index (χ4v) is 9.68. The van der Waals surface area contributed by atoms with Gasteiger partial charge in [-0.25, -0.2) is 0 Å². The van der Waals surface area contributed by atoms with E-state index in [4.69, 9.17) is 0 Å². The number of fused-ring (bicyclic) bond motifs is 2. The number of aromatic nitrogens is 2. The molecule has 16 nitrogen and oxygen atoms in total. The standard InChI is InChI=1S/C51H65N9O7/c1-2-3-21-39-46(62)53-26-13-23-40(56-47(63)41(28-33-15-6-4-7-16-33)57-45(61)35-19-12-25-52-31-35)51(67)60-27-14-24-44(60)50(66)59-42(29-34-17-8-5-9-18-34)48(64)58-43(49(65)55-39)30-36-32-54-38-22-11-10-20-37(36)38/h4,6-7,10-12,15-16,19-20,22,25,31-32,34,39-44,54H,2-3,5,8-9,13-14,17-18,21,23-24,26-30H2,1H3,(H,53,62)(H,55,65)(H,56,63)(H,57,61)(H,58,64)(H,59,66)/t39-,40-,41-,42+,43-,44-/m0/s1. The molecule has 1 saturated carbocycles. The van der Waals surface area contributed by atoms with E-state index in [1.165, 1.54) is 11.1 Å². The molecule has 7 N–H and O–H groups in total. The van der Waals surface area contributed by atoms with Crippen molar-refractivity contribution in [2.45, 2.75) is 139 Å². The van der Waals surface area contributed by atoms with Gasteiger partial charge in [0.05, 0.1) is 5.56 Å². The summed E-state index contributed by atoms with van der Waals surface area (Å²) >= 11 is 0. The number of nitrogens with zero attached hydrogens (tertiary/aromatic N) is 2. The van der Waals surface area contributed by atoms with Crippen LogP contribution in [0.1, 0.15) is 112 Å². The Morgan fingerprint density at radius 2 is 1.52 bits per heavy atom. The molecule has 0 bridgehead atoms. The van der Waals surface area contributed by atoms with Gasteiger partial charge in [0.25, 0.3) is 5.91 Å². The molecular formula is C51H65N9O7. The van der Waals surface area contributed by atoms with E-state index >= 15 is 0 Å². The second kappa shape index (κ2) is 23.7. The first-order valence-electron chi connectivity index (χ1n) is 24.2. The van der Waals surface area contributed by atoms with Crippen LogP contribution in [0.2, 0.25) is 0 Å². The Morgan fingerprint density at radius 1 is 0.776 bits per heavy atom. The van der Waals surface area contributed by atoms with Crippen molar-refractivity contribution in [3.8, 4) is 0 Å². The van der Waals surface area contributed by atoms with Gasteiger partial charge < -0.3 is 41.8 Å². The minimum Gasteiger partial charge on any atom is -0.361 e. The topological polar surface area (TPSA) is 224 Å². The molecule has 0 radical (unpaired) electrons. The highest BCUT2D eigenvalue weighted by Crippen LogP contribution is 2.28. The van der Waals surface area contributed by atoms with Crippen LogP contribution in [-0.2, 0) is 41.6 Å². The van der Waals surface area contributed by atoms with Crippen molar-refractivity contribution in [1.29, 1.82) is 0 Å². The molecule has 16 heteroatoms. The average molecular weight is 916 g/mol. The molecular weight excluding hydrogens is 851 g/mol. The van der Waals surface area contributed by atoms with Crippen molar-refractivity contribution in [3.63, 3.8) is 0 Å². The highest BCUT2D eigenvalue weighted by atomic mass is 16.2. The molecule has 1 aliphatic carbocycles. The Labute approximate surface area is 392 Å². The molecule has 3 aliphatic rings. The molecule has 3 fully saturated rings. The van der Waals surface area contributed by atoms with E-state index in [-0.39, 0.29) is 50.3 Å². The number of H-pyrrole nitrogens is 1. The lowest BCUT2D eigenvalue weighted by Crippen LogP contribution is -2.60. The van der Waals surface area contributed by atoms with Crippen LogP contribution in [0.4, 0.5) is 0 Å². The number of amides is 7. The molecule has 2 aromatic heterocycles. The summed E-state index contributed by atoms with van der Waals surface area (Å²) in [6.07, 6.45) is 13.3. The first-order chi connectivity index (χ1) is 32.6. The minimum absolute atomic E-state index is 0.0929. The molecule has 0 spiro atoms. The van der Waals surface area contributed by atoms with Crippen LogP contribution in [0.5, 0.6) is 0 Å². The SMILES string of the molecule is CCCC[C@@H]1NC(=O)[C@H](Cc2c[nH]c3ccccc23)NC(=O)[C@@H](CC2CCCCC2)NC(=O)[C@@H]2CCCN2C(=O)[C@@H](NC(=O)[C@H](Cc2ccccc2)NC(=O)c2cccnc2)CCCNC1=O. The van der Waals surface area contributed by atoms with Crippen LogP contribution >= 0.6 is 0 Å². The molecule has 7 rings (SSSR count). The summed E-state index contributed by atoms with van der Waals surface area (Å²) in [6.45, 7) is 2.35. The quantitative estimate of drug-likeness (QED) is 0.103. The molecule has 7 amide bonds. The van der Waals surface area contributed by atoms with Crippen LogP contribution in [-0.4, -0.2) is 106 Å². The summed E-state index contributed by atoms with van der Waals surface area (Å²) < 4.78 is 0. The van der Waals surface area contributed by atoms with E-state index in [0.717, 1.165) is 60.6 Å². The largest absolute Gasteiger partial charge is 0.361 e. The average Bonchev–Trinajstić information content (AvgIpc) is 4.01. The monoisotopic (exact) mass is 916 g/mol. The number of benzene rings is 2. The lowest BCUT2D eigenvalue weighted by molar-refractivity contribution is -0.142. The Bertz CT molecular complexity index is 2330. The van der Waals surface area contributed by atoms with Crippen LogP contribution in [0.25, 0.3) is 10.9 Å². The second-order valence-electron chi connectivity index (χ2n) is 18.3. The van der Waals surface area contributed by atoms with Crippen molar-refractivity contribution in [1.82, 2.24) is 46.8 Å². The number of unbranched alkanes of at least 4 members (excludes halogenated alkanes) is 1. The Balaban J connectivity index is 1.18. The maximum atomic E-state index is 14.8. The van der Waals surface area contributed by atoms with Gasteiger partial charge in [-0.1, -0.05) is 100 Å². The van der Waals surface area contributed by atoms with E-state index in [9.17, 15) is 33.6 Å². The molecule has 2 aromatic carbocycles. The van der Waals surface area contributed by atoms with Crippen molar-refractivity contribution >= 4 is 52.3 Å². The third-order valence-corrected chi connectivity index (χ3v) is 13.4. The van der Waals surface area contributed by atoms with Gasteiger partial charge in [0.2, 0.25) is 35.4 Å². The molecule has 2 saturated heterocycles. The van der Waals surface area contributed by atoms with Gasteiger partial charge in [0.1, 0.15) is 36.3 Å². The van der Waals surface area contributed by atoms with Crippen molar-refractivity contribution < 1.29 is 33.6 Å². The Morgan fingerprint density at radius 3 is 2.30 bits per heavy atom. The summed E-state index contributed by atoms with van der Waals surface area (Å²) in [4.78, 5) is 109. The van der Waals surface area contributed by atoms with E-state index in [0.29, 0.717) is 32.1 Å². The normalized spacial score (nSPS) is 23.1. The smallest absolute Gasteiger partial charge is 0.253 e. The lowest BCUT2D eigenvalue weighted by atomic mass is 9.84. The van der Waals surface area contributed by atoms with Gasteiger partial charge in [-0.05, 0) is 73.8 Å². The predicted molar refractivity (Wildman–Crippen MR) is 253 cm³/mol. The zero-order chi connectivity index (χ0) is 47.1. The Hall–Kier alpha value is -6.58. The third kappa shape index (κ3) is 13.1. The van der Waals surface area contributed by atoms with Crippen molar-refractivity contribution in [2.24, 2.45) is 5.92 Å². The lowest BCUT2D eigenvalue weighted by Gasteiger charge is -2.32. The number of hydrogen-bond acceptors (Lipinski definition) is 8. The fourth-order valence-electron chi connectivity index (χ4n) is 9.68. The maximum Gasteiger partial charge on any atom is 0.253 e. The number of para-hydroxylation sites is 1. The number of rotatable bonds is 13. The van der Waals surface area contributed by atoms with E-state index < -0.39 is 77.6 Å². The molecule has 2 aliphatic heterocycles. The number of aromatic amines is 1. The zero-order valence-corrected chi connectivity index (χ0v) is 38.4. The fraction of sp³-hybridized carbons (Fsp3) is 0.490. The molecule has 356 valence electrons.